The van der Waals surface area contributed by atoms with Crippen molar-refractivity contribution in [1.29, 1.82) is 0 Å². The number of carbonyl (C=O) groups is 1. The van der Waals surface area contributed by atoms with E-state index in [1.807, 2.05) is 0 Å². The molecule has 68 valence electrons. The number of nitrogens with zero attached hydrogens (tertiary/aromatic N) is 3. The van der Waals surface area contributed by atoms with Crippen molar-refractivity contribution in [3.05, 3.63) is 42.7 Å². The van der Waals surface area contributed by atoms with Crippen LogP contribution < -0.4 is 0 Å². The average molecular weight is 185 g/mol. The van der Waals surface area contributed by atoms with Crippen LogP contribution >= 0.6 is 0 Å². The second-order valence-electron chi connectivity index (χ2n) is 2.71. The van der Waals surface area contributed by atoms with Gasteiger partial charge >= 0.3 is 0 Å². The van der Waals surface area contributed by atoms with E-state index in [1.165, 1.54) is 6.33 Å². The molecule has 14 heavy (non-hydrogen) atoms. The van der Waals surface area contributed by atoms with Crippen LogP contribution in [-0.2, 0) is 0 Å². The van der Waals surface area contributed by atoms with Crippen molar-refractivity contribution in [1.82, 2.24) is 15.0 Å². The third-order valence-electron chi connectivity index (χ3n) is 1.85. The first-order chi connectivity index (χ1) is 6.92. The van der Waals surface area contributed by atoms with Crippen molar-refractivity contribution in [3.8, 4) is 11.1 Å². The number of carbonyl (C=O) groups excluding carboxylic acids is 1. The van der Waals surface area contributed by atoms with Gasteiger partial charge in [0.1, 0.15) is 6.33 Å². The highest BCUT2D eigenvalue weighted by Crippen LogP contribution is 2.18. The Kier molecular flexibility index (Phi) is 2.27. The van der Waals surface area contributed by atoms with E-state index in [9.17, 15) is 4.79 Å². The fourth-order valence-corrected chi connectivity index (χ4v) is 1.19. The molecule has 0 radical (unpaired) electrons. The van der Waals surface area contributed by atoms with E-state index in [1.54, 1.807) is 30.9 Å². The molecule has 0 bridgehead atoms. The summed E-state index contributed by atoms with van der Waals surface area (Å²) in [6, 6.07) is 1.66. The molecular formula is C10H7N3O. The van der Waals surface area contributed by atoms with Crippen molar-refractivity contribution < 1.29 is 4.79 Å². The fraction of sp³-hybridized carbons (Fsp3) is 0. The van der Waals surface area contributed by atoms with Crippen LogP contribution in [0.1, 0.15) is 10.4 Å². The Hall–Kier alpha value is -2.10. The van der Waals surface area contributed by atoms with Crippen LogP contribution in [0.4, 0.5) is 0 Å². The highest BCUT2D eigenvalue weighted by molar-refractivity contribution is 5.86. The predicted octanol–water partition coefficient (Wildman–Crippen LogP) is 1.35. The Labute approximate surface area is 80.7 Å². The van der Waals surface area contributed by atoms with Gasteiger partial charge in [0.05, 0.1) is 0 Å². The Morgan fingerprint density at radius 1 is 1.07 bits per heavy atom. The number of rotatable bonds is 2. The molecule has 0 amide bonds. The molecule has 2 heterocycles. The lowest BCUT2D eigenvalue weighted by molar-refractivity contribution is 0.112. The van der Waals surface area contributed by atoms with Gasteiger partial charge in [-0.05, 0) is 6.07 Å². The summed E-state index contributed by atoms with van der Waals surface area (Å²) in [6.07, 6.45) is 8.75. The van der Waals surface area contributed by atoms with E-state index in [4.69, 9.17) is 0 Å². The average Bonchev–Trinajstić information content (AvgIpc) is 2.30. The van der Waals surface area contributed by atoms with Crippen LogP contribution in [0.3, 0.4) is 0 Å². The maximum absolute atomic E-state index is 10.7. The standard InChI is InChI=1S/C10H7N3O/c14-6-8-1-2-11-5-10(8)9-3-12-7-13-4-9/h1-7H. The zero-order valence-corrected chi connectivity index (χ0v) is 7.29. The number of aldehydes is 1. The first-order valence-corrected chi connectivity index (χ1v) is 4.06. The molecule has 0 N–H and O–H groups in total. The van der Waals surface area contributed by atoms with Gasteiger partial charge in [0.25, 0.3) is 0 Å². The van der Waals surface area contributed by atoms with Gasteiger partial charge < -0.3 is 0 Å². The smallest absolute Gasteiger partial charge is 0.150 e. The minimum Gasteiger partial charge on any atom is -0.298 e. The quantitative estimate of drug-likeness (QED) is 0.662. The zero-order valence-electron chi connectivity index (χ0n) is 7.29. The van der Waals surface area contributed by atoms with Crippen molar-refractivity contribution in [2.45, 2.75) is 0 Å². The summed E-state index contributed by atoms with van der Waals surface area (Å²) in [5.74, 6) is 0. The Morgan fingerprint density at radius 2 is 1.86 bits per heavy atom. The molecule has 0 aromatic carbocycles. The minimum atomic E-state index is 0.592. The fourth-order valence-electron chi connectivity index (χ4n) is 1.19. The Morgan fingerprint density at radius 3 is 2.57 bits per heavy atom. The van der Waals surface area contributed by atoms with Crippen LogP contribution in [-0.4, -0.2) is 21.2 Å². The van der Waals surface area contributed by atoms with Gasteiger partial charge in [0, 0.05) is 41.5 Å². The molecule has 2 aromatic rings. The van der Waals surface area contributed by atoms with Crippen molar-refractivity contribution in [3.63, 3.8) is 0 Å². The number of pyridine rings is 1. The minimum absolute atomic E-state index is 0.592. The van der Waals surface area contributed by atoms with Gasteiger partial charge in [0.2, 0.25) is 0 Å². The summed E-state index contributed by atoms with van der Waals surface area (Å²) in [6.45, 7) is 0. The lowest BCUT2D eigenvalue weighted by Crippen LogP contribution is -1.89. The second-order valence-corrected chi connectivity index (χ2v) is 2.71. The van der Waals surface area contributed by atoms with Crippen LogP contribution in [0.25, 0.3) is 11.1 Å². The zero-order chi connectivity index (χ0) is 9.80. The summed E-state index contributed by atoms with van der Waals surface area (Å²) in [5, 5.41) is 0. The summed E-state index contributed by atoms with van der Waals surface area (Å²) >= 11 is 0. The Bertz CT molecular complexity index is 442. The number of hydrogen-bond donors (Lipinski definition) is 0. The van der Waals surface area contributed by atoms with Gasteiger partial charge in [-0.2, -0.15) is 0 Å². The van der Waals surface area contributed by atoms with E-state index in [2.05, 4.69) is 15.0 Å². The van der Waals surface area contributed by atoms with E-state index in [0.29, 0.717) is 5.56 Å². The first kappa shape index (κ1) is 8.50. The van der Waals surface area contributed by atoms with E-state index in [0.717, 1.165) is 17.4 Å². The number of aromatic nitrogens is 3. The van der Waals surface area contributed by atoms with Crippen LogP contribution in [0.5, 0.6) is 0 Å². The molecular weight excluding hydrogens is 178 g/mol. The molecule has 0 saturated carbocycles. The molecule has 0 atom stereocenters. The molecule has 0 unspecified atom stereocenters. The van der Waals surface area contributed by atoms with Gasteiger partial charge in [-0.25, -0.2) is 9.97 Å². The predicted molar refractivity (Wildman–Crippen MR) is 50.7 cm³/mol. The van der Waals surface area contributed by atoms with Crippen LogP contribution in [0.15, 0.2) is 37.2 Å². The van der Waals surface area contributed by atoms with Crippen molar-refractivity contribution in [2.24, 2.45) is 0 Å². The van der Waals surface area contributed by atoms with Gasteiger partial charge in [-0.1, -0.05) is 0 Å². The molecule has 4 nitrogen and oxygen atoms in total. The molecule has 0 spiro atoms. The maximum atomic E-state index is 10.7. The summed E-state index contributed by atoms with van der Waals surface area (Å²) in [4.78, 5) is 22.5. The molecule has 0 aliphatic heterocycles. The summed E-state index contributed by atoms with van der Waals surface area (Å²) in [7, 11) is 0. The van der Waals surface area contributed by atoms with Crippen LogP contribution in [0, 0.1) is 0 Å². The van der Waals surface area contributed by atoms with E-state index in [-0.39, 0.29) is 0 Å². The lowest BCUT2D eigenvalue weighted by atomic mass is 10.1. The largest absolute Gasteiger partial charge is 0.298 e. The van der Waals surface area contributed by atoms with E-state index >= 15 is 0 Å². The molecule has 4 heteroatoms. The maximum Gasteiger partial charge on any atom is 0.150 e. The second kappa shape index (κ2) is 3.74. The van der Waals surface area contributed by atoms with Crippen molar-refractivity contribution in [2.75, 3.05) is 0 Å². The highest BCUT2D eigenvalue weighted by atomic mass is 16.1. The SMILES string of the molecule is O=Cc1ccncc1-c1cncnc1. The van der Waals surface area contributed by atoms with Crippen molar-refractivity contribution >= 4 is 6.29 Å². The summed E-state index contributed by atoms with van der Waals surface area (Å²) in [5.41, 5.74) is 2.14. The molecule has 0 aliphatic rings. The Balaban J connectivity index is 2.57. The first-order valence-electron chi connectivity index (χ1n) is 4.06. The number of hydrogen-bond acceptors (Lipinski definition) is 4. The molecule has 2 rings (SSSR count). The van der Waals surface area contributed by atoms with Gasteiger partial charge in [0.15, 0.2) is 6.29 Å². The lowest BCUT2D eigenvalue weighted by Gasteiger charge is -2.01. The van der Waals surface area contributed by atoms with Gasteiger partial charge in [-0.3, -0.25) is 9.78 Å². The third kappa shape index (κ3) is 1.50. The van der Waals surface area contributed by atoms with E-state index < -0.39 is 0 Å². The van der Waals surface area contributed by atoms with Crippen LogP contribution in [0.2, 0.25) is 0 Å². The molecule has 0 saturated heterocycles. The third-order valence-corrected chi connectivity index (χ3v) is 1.85. The molecule has 0 aliphatic carbocycles. The highest BCUT2D eigenvalue weighted by Gasteiger charge is 2.03. The summed E-state index contributed by atoms with van der Waals surface area (Å²) < 4.78 is 0. The topological polar surface area (TPSA) is 55.7 Å². The normalized spacial score (nSPS) is 9.71. The molecule has 2 aromatic heterocycles. The monoisotopic (exact) mass is 185 g/mol. The van der Waals surface area contributed by atoms with Gasteiger partial charge in [-0.15, -0.1) is 0 Å². The molecule has 0 fully saturated rings.